The molecule has 8 heteroatoms. The standard InChI is InChI=1S/C16H23NO6S/c1-9(2)14(15(18)19)17-24(21,22)12-7-6-11(5)13(8-12)16(20)23-10(3)4/h6-10,14,17H,1-5H3,(H,18,19)/t14-/m0/s1. The molecule has 0 saturated heterocycles. The Morgan fingerprint density at radius 1 is 1.17 bits per heavy atom. The Morgan fingerprint density at radius 3 is 2.21 bits per heavy atom. The molecule has 1 aromatic rings. The van der Waals surface area contributed by atoms with Gasteiger partial charge in [0.1, 0.15) is 6.04 Å². The largest absolute Gasteiger partial charge is 0.480 e. The normalized spacial score (nSPS) is 13.1. The molecule has 0 unspecified atom stereocenters. The SMILES string of the molecule is Cc1ccc(S(=O)(=O)N[C@H](C(=O)O)C(C)C)cc1C(=O)OC(C)C. The van der Waals surface area contributed by atoms with Crippen molar-refractivity contribution >= 4 is 22.0 Å². The van der Waals surface area contributed by atoms with E-state index in [0.29, 0.717) is 5.56 Å². The molecule has 0 saturated carbocycles. The Morgan fingerprint density at radius 2 is 1.75 bits per heavy atom. The molecule has 0 heterocycles. The molecule has 0 radical (unpaired) electrons. The Labute approximate surface area is 142 Å². The van der Waals surface area contributed by atoms with Gasteiger partial charge in [-0.2, -0.15) is 4.72 Å². The average molecular weight is 357 g/mol. The Kier molecular flexibility index (Phi) is 6.50. The second-order valence-electron chi connectivity index (χ2n) is 6.11. The van der Waals surface area contributed by atoms with Crippen LogP contribution in [0.15, 0.2) is 23.1 Å². The number of hydrogen-bond acceptors (Lipinski definition) is 5. The van der Waals surface area contributed by atoms with Crippen LogP contribution in [0.5, 0.6) is 0 Å². The lowest BCUT2D eigenvalue weighted by atomic mass is 10.1. The monoisotopic (exact) mass is 357 g/mol. The molecular weight excluding hydrogens is 334 g/mol. The molecule has 134 valence electrons. The summed E-state index contributed by atoms with van der Waals surface area (Å²) in [5, 5.41) is 9.14. The number of aliphatic carboxylic acids is 1. The predicted octanol–water partition coefficient (Wildman–Crippen LogP) is 1.95. The third-order valence-electron chi connectivity index (χ3n) is 3.30. The summed E-state index contributed by atoms with van der Waals surface area (Å²) < 4.78 is 32.1. The summed E-state index contributed by atoms with van der Waals surface area (Å²) in [7, 11) is -4.09. The average Bonchev–Trinajstić information content (AvgIpc) is 2.43. The summed E-state index contributed by atoms with van der Waals surface area (Å²) in [6.45, 7) is 8.24. The van der Waals surface area contributed by atoms with Crippen molar-refractivity contribution in [1.29, 1.82) is 0 Å². The smallest absolute Gasteiger partial charge is 0.338 e. The zero-order valence-electron chi connectivity index (χ0n) is 14.4. The number of carbonyl (C=O) groups is 2. The maximum atomic E-state index is 12.4. The van der Waals surface area contributed by atoms with Gasteiger partial charge in [0, 0.05) is 0 Å². The molecule has 0 aliphatic rings. The van der Waals surface area contributed by atoms with Crippen molar-refractivity contribution in [2.75, 3.05) is 0 Å². The molecule has 0 aromatic heterocycles. The summed E-state index contributed by atoms with van der Waals surface area (Å²) in [5.74, 6) is -2.33. The number of ether oxygens (including phenoxy) is 1. The van der Waals surface area contributed by atoms with E-state index in [4.69, 9.17) is 9.84 Å². The molecule has 0 aliphatic carbocycles. The fraction of sp³-hybridized carbons (Fsp3) is 0.500. The molecule has 0 spiro atoms. The zero-order chi connectivity index (χ0) is 18.7. The van der Waals surface area contributed by atoms with Gasteiger partial charge < -0.3 is 9.84 Å². The second kappa shape index (κ2) is 7.76. The first-order chi connectivity index (χ1) is 11.0. The lowest BCUT2D eigenvalue weighted by Crippen LogP contribution is -2.44. The number of carbonyl (C=O) groups excluding carboxylic acids is 1. The lowest BCUT2D eigenvalue weighted by molar-refractivity contribution is -0.140. The van der Waals surface area contributed by atoms with Crippen LogP contribution in [0.1, 0.15) is 43.6 Å². The summed E-state index contributed by atoms with van der Waals surface area (Å²) in [6.07, 6.45) is -0.340. The molecule has 1 atom stereocenters. The van der Waals surface area contributed by atoms with E-state index in [-0.39, 0.29) is 16.6 Å². The summed E-state index contributed by atoms with van der Waals surface area (Å²) in [6, 6.07) is 2.74. The topological polar surface area (TPSA) is 110 Å². The molecule has 7 nitrogen and oxygen atoms in total. The van der Waals surface area contributed by atoms with Crippen molar-refractivity contribution < 1.29 is 27.9 Å². The number of rotatable bonds is 7. The first-order valence-electron chi connectivity index (χ1n) is 7.52. The second-order valence-corrected chi connectivity index (χ2v) is 7.83. The van der Waals surface area contributed by atoms with Gasteiger partial charge in [0.15, 0.2) is 0 Å². The number of esters is 1. The molecule has 0 aliphatic heterocycles. The Balaban J connectivity index is 3.21. The van der Waals surface area contributed by atoms with Gasteiger partial charge in [0.2, 0.25) is 10.0 Å². The van der Waals surface area contributed by atoms with Gasteiger partial charge in [-0.15, -0.1) is 0 Å². The number of nitrogens with one attached hydrogen (secondary N) is 1. The van der Waals surface area contributed by atoms with Crippen LogP contribution in [0.3, 0.4) is 0 Å². The number of hydrogen-bond donors (Lipinski definition) is 2. The molecular formula is C16H23NO6S. The summed E-state index contributed by atoms with van der Waals surface area (Å²) >= 11 is 0. The molecule has 24 heavy (non-hydrogen) atoms. The van der Waals surface area contributed by atoms with Crippen LogP contribution in [-0.2, 0) is 19.6 Å². The predicted molar refractivity (Wildman–Crippen MR) is 88.3 cm³/mol. The molecule has 1 aromatic carbocycles. The van der Waals surface area contributed by atoms with Gasteiger partial charge in [-0.1, -0.05) is 19.9 Å². The van der Waals surface area contributed by atoms with E-state index in [9.17, 15) is 18.0 Å². The van der Waals surface area contributed by atoms with E-state index >= 15 is 0 Å². The number of carboxylic acid groups (broad SMARTS) is 1. The Hall–Kier alpha value is -1.93. The van der Waals surface area contributed by atoms with Crippen LogP contribution in [-0.4, -0.2) is 37.6 Å². The van der Waals surface area contributed by atoms with E-state index < -0.39 is 33.9 Å². The van der Waals surface area contributed by atoms with Crippen LogP contribution in [0, 0.1) is 12.8 Å². The molecule has 1 rings (SSSR count). The quantitative estimate of drug-likeness (QED) is 0.722. The lowest BCUT2D eigenvalue weighted by Gasteiger charge is -2.18. The number of sulfonamides is 1. The first-order valence-corrected chi connectivity index (χ1v) is 9.00. The van der Waals surface area contributed by atoms with Gasteiger partial charge in [0.05, 0.1) is 16.6 Å². The third kappa shape index (κ3) is 5.04. The van der Waals surface area contributed by atoms with E-state index in [0.717, 1.165) is 0 Å². The maximum absolute atomic E-state index is 12.4. The molecule has 0 amide bonds. The first kappa shape index (κ1) is 20.1. The number of aryl methyl sites for hydroxylation is 1. The van der Waals surface area contributed by atoms with Gasteiger partial charge in [0.25, 0.3) is 0 Å². The summed E-state index contributed by atoms with van der Waals surface area (Å²) in [4.78, 5) is 23.1. The van der Waals surface area contributed by atoms with Crippen LogP contribution in [0.2, 0.25) is 0 Å². The molecule has 0 bridgehead atoms. The van der Waals surface area contributed by atoms with E-state index in [1.165, 1.54) is 18.2 Å². The van der Waals surface area contributed by atoms with E-state index in [1.807, 2.05) is 0 Å². The van der Waals surface area contributed by atoms with Crippen LogP contribution in [0.4, 0.5) is 0 Å². The zero-order valence-corrected chi connectivity index (χ0v) is 15.2. The van der Waals surface area contributed by atoms with Crippen molar-refractivity contribution in [3.05, 3.63) is 29.3 Å². The van der Waals surface area contributed by atoms with Crippen molar-refractivity contribution in [2.24, 2.45) is 5.92 Å². The van der Waals surface area contributed by atoms with Gasteiger partial charge in [-0.25, -0.2) is 13.2 Å². The summed E-state index contributed by atoms with van der Waals surface area (Å²) in [5.41, 5.74) is 0.696. The van der Waals surface area contributed by atoms with Crippen LogP contribution in [0.25, 0.3) is 0 Å². The van der Waals surface area contributed by atoms with Crippen LogP contribution < -0.4 is 4.72 Å². The fourth-order valence-electron chi connectivity index (χ4n) is 1.97. The van der Waals surface area contributed by atoms with Gasteiger partial charge >= 0.3 is 11.9 Å². The fourth-order valence-corrected chi connectivity index (χ4v) is 3.34. The van der Waals surface area contributed by atoms with Crippen molar-refractivity contribution in [3.63, 3.8) is 0 Å². The highest BCUT2D eigenvalue weighted by Crippen LogP contribution is 2.18. The van der Waals surface area contributed by atoms with Crippen molar-refractivity contribution in [3.8, 4) is 0 Å². The minimum atomic E-state index is -4.09. The molecule has 0 fully saturated rings. The van der Waals surface area contributed by atoms with E-state index in [2.05, 4.69) is 4.72 Å². The highest BCUT2D eigenvalue weighted by Gasteiger charge is 2.28. The van der Waals surface area contributed by atoms with E-state index in [1.54, 1.807) is 34.6 Å². The van der Waals surface area contributed by atoms with Gasteiger partial charge in [-0.05, 0) is 44.4 Å². The van der Waals surface area contributed by atoms with Crippen LogP contribution >= 0.6 is 0 Å². The highest BCUT2D eigenvalue weighted by molar-refractivity contribution is 7.89. The van der Waals surface area contributed by atoms with Gasteiger partial charge in [-0.3, -0.25) is 4.79 Å². The molecule has 2 N–H and O–H groups in total. The highest BCUT2D eigenvalue weighted by atomic mass is 32.2. The Bertz CT molecular complexity index is 724. The third-order valence-corrected chi connectivity index (χ3v) is 4.74. The van der Waals surface area contributed by atoms with Crippen molar-refractivity contribution in [1.82, 2.24) is 4.72 Å². The number of carboxylic acids is 1. The van der Waals surface area contributed by atoms with Crippen molar-refractivity contribution in [2.45, 2.75) is 51.7 Å². The number of benzene rings is 1. The minimum absolute atomic E-state index is 0.128. The maximum Gasteiger partial charge on any atom is 0.338 e. The minimum Gasteiger partial charge on any atom is -0.480 e.